The average molecular weight is 149 g/mol. The molecule has 0 aliphatic rings. The fraction of sp³-hybridized carbons (Fsp3) is 1.00. The van der Waals surface area contributed by atoms with E-state index in [4.69, 9.17) is 14.6 Å². The minimum Gasteiger partial charge on any atom is -0.397 e. The first-order valence-corrected chi connectivity index (χ1v) is 5.28. The van der Waals surface area contributed by atoms with Crippen LogP contribution in [0.25, 0.3) is 0 Å². The van der Waals surface area contributed by atoms with Crippen LogP contribution in [0, 0.1) is 0 Å². The normalized spacial score (nSPS) is 12.0. The highest BCUT2D eigenvalue weighted by Crippen LogP contribution is 2.07. The van der Waals surface area contributed by atoms with Crippen molar-refractivity contribution in [1.82, 2.24) is 0 Å². The van der Waals surface area contributed by atoms with Gasteiger partial charge in [0.05, 0.1) is 0 Å². The van der Waals surface area contributed by atoms with Gasteiger partial charge in [0.25, 0.3) is 0 Å². The topological polar surface area (TPSA) is 44.5 Å². The van der Waals surface area contributed by atoms with Gasteiger partial charge >= 0.3 is 8.56 Å². The van der Waals surface area contributed by atoms with Gasteiger partial charge in [0.15, 0.2) is 0 Å². The van der Waals surface area contributed by atoms with Crippen LogP contribution in [-0.2, 0) is 8.85 Å². The molecule has 0 aliphatic heterocycles. The summed E-state index contributed by atoms with van der Waals surface area (Å²) >= 11 is 0. The standard InChI is InChI=1S/C5H15NO2Si/c1-4-9(5-6,7-2)8-3/h4-6H2,1-3H3. The molecule has 2 N–H and O–H groups in total. The van der Waals surface area contributed by atoms with Gasteiger partial charge in [-0.3, -0.25) is 0 Å². The van der Waals surface area contributed by atoms with Gasteiger partial charge < -0.3 is 14.6 Å². The zero-order chi connectivity index (χ0) is 7.33. The summed E-state index contributed by atoms with van der Waals surface area (Å²) in [5.74, 6) is 0. The molecule has 0 bridgehead atoms. The van der Waals surface area contributed by atoms with Gasteiger partial charge in [-0.25, -0.2) is 0 Å². The van der Waals surface area contributed by atoms with Crippen molar-refractivity contribution in [2.45, 2.75) is 13.0 Å². The summed E-state index contributed by atoms with van der Waals surface area (Å²) in [6.07, 6.45) is 0.538. The Kier molecular flexibility index (Phi) is 4.04. The largest absolute Gasteiger partial charge is 0.397 e. The van der Waals surface area contributed by atoms with Crippen LogP contribution in [-0.4, -0.2) is 28.9 Å². The van der Waals surface area contributed by atoms with Gasteiger partial charge in [-0.15, -0.1) is 0 Å². The molecule has 0 fully saturated rings. The van der Waals surface area contributed by atoms with Gasteiger partial charge in [0.1, 0.15) is 0 Å². The second-order valence-electron chi connectivity index (χ2n) is 1.88. The zero-order valence-electron chi connectivity index (χ0n) is 6.31. The number of nitrogens with two attached hydrogens (primary N) is 1. The maximum atomic E-state index is 5.45. The molecule has 4 heteroatoms. The number of rotatable bonds is 4. The monoisotopic (exact) mass is 149 g/mol. The second-order valence-corrected chi connectivity index (χ2v) is 5.63. The van der Waals surface area contributed by atoms with E-state index in [1.165, 1.54) is 0 Å². The molecule has 0 unspecified atom stereocenters. The Hall–Kier alpha value is 0.0969. The molecular formula is C5H15NO2Si. The van der Waals surface area contributed by atoms with Gasteiger partial charge in [0, 0.05) is 20.4 Å². The van der Waals surface area contributed by atoms with Crippen molar-refractivity contribution in [3.05, 3.63) is 0 Å². The third-order valence-corrected chi connectivity index (χ3v) is 4.78. The molecule has 3 nitrogen and oxygen atoms in total. The van der Waals surface area contributed by atoms with E-state index in [2.05, 4.69) is 0 Å². The lowest BCUT2D eigenvalue weighted by molar-refractivity contribution is 0.244. The molecule has 0 radical (unpaired) electrons. The summed E-state index contributed by atoms with van der Waals surface area (Å²) < 4.78 is 10.4. The highest BCUT2D eigenvalue weighted by molar-refractivity contribution is 6.67. The van der Waals surface area contributed by atoms with Gasteiger partial charge in [-0.05, 0) is 6.04 Å². The summed E-state index contributed by atoms with van der Waals surface area (Å²) in [6.45, 7) is 2.03. The van der Waals surface area contributed by atoms with Crippen LogP contribution in [0.4, 0.5) is 0 Å². The quantitative estimate of drug-likeness (QED) is 0.582. The highest BCUT2D eigenvalue weighted by Gasteiger charge is 2.30. The molecule has 0 rings (SSSR count). The van der Waals surface area contributed by atoms with Crippen molar-refractivity contribution in [2.24, 2.45) is 5.73 Å². The van der Waals surface area contributed by atoms with E-state index in [9.17, 15) is 0 Å². The van der Waals surface area contributed by atoms with Gasteiger partial charge in [0.2, 0.25) is 0 Å². The van der Waals surface area contributed by atoms with Crippen LogP contribution in [0.1, 0.15) is 6.92 Å². The van der Waals surface area contributed by atoms with E-state index in [-0.39, 0.29) is 0 Å². The zero-order valence-corrected chi connectivity index (χ0v) is 7.31. The van der Waals surface area contributed by atoms with Crippen molar-refractivity contribution in [2.75, 3.05) is 20.4 Å². The first kappa shape index (κ1) is 9.10. The molecule has 9 heavy (non-hydrogen) atoms. The molecule has 0 amide bonds. The minimum atomic E-state index is -1.91. The average Bonchev–Trinajstić information content (AvgIpc) is 1.95. The van der Waals surface area contributed by atoms with Crippen LogP contribution in [0.2, 0.25) is 6.04 Å². The van der Waals surface area contributed by atoms with Crippen molar-refractivity contribution in [1.29, 1.82) is 0 Å². The van der Waals surface area contributed by atoms with Crippen LogP contribution in [0.3, 0.4) is 0 Å². The lowest BCUT2D eigenvalue weighted by Gasteiger charge is -2.23. The summed E-state index contributed by atoms with van der Waals surface area (Å²) in [7, 11) is 1.40. The first-order chi connectivity index (χ1) is 4.24. The van der Waals surface area contributed by atoms with Gasteiger partial charge in [-0.1, -0.05) is 6.92 Å². The Morgan fingerprint density at radius 3 is 1.78 bits per heavy atom. The van der Waals surface area contributed by atoms with E-state index in [1.807, 2.05) is 6.92 Å². The number of hydrogen-bond acceptors (Lipinski definition) is 3. The Labute approximate surface area is 57.4 Å². The van der Waals surface area contributed by atoms with E-state index >= 15 is 0 Å². The Morgan fingerprint density at radius 1 is 1.33 bits per heavy atom. The third kappa shape index (κ3) is 2.06. The third-order valence-electron chi connectivity index (χ3n) is 1.59. The Balaban J connectivity index is 3.82. The molecule has 0 saturated carbocycles. The second kappa shape index (κ2) is 4.00. The van der Waals surface area contributed by atoms with Crippen LogP contribution in [0.15, 0.2) is 0 Å². The fourth-order valence-electron chi connectivity index (χ4n) is 0.683. The maximum absolute atomic E-state index is 5.45. The smallest absolute Gasteiger partial charge is 0.351 e. The molecule has 56 valence electrons. The molecular weight excluding hydrogens is 134 g/mol. The van der Waals surface area contributed by atoms with Crippen molar-refractivity contribution < 1.29 is 8.85 Å². The van der Waals surface area contributed by atoms with Crippen LogP contribution in [0.5, 0.6) is 0 Å². The summed E-state index contributed by atoms with van der Waals surface area (Å²) in [5.41, 5.74) is 5.45. The number of hydrogen-bond donors (Lipinski definition) is 1. The first-order valence-electron chi connectivity index (χ1n) is 3.05. The van der Waals surface area contributed by atoms with E-state index < -0.39 is 8.56 Å². The lowest BCUT2D eigenvalue weighted by Crippen LogP contribution is -2.47. The molecule has 0 spiro atoms. The highest BCUT2D eigenvalue weighted by atomic mass is 28.4. The van der Waals surface area contributed by atoms with Crippen molar-refractivity contribution in [3.63, 3.8) is 0 Å². The Bertz CT molecular complexity index is 57.8. The van der Waals surface area contributed by atoms with Crippen molar-refractivity contribution in [3.8, 4) is 0 Å². The predicted molar refractivity (Wildman–Crippen MR) is 39.3 cm³/mol. The molecule has 0 heterocycles. The van der Waals surface area contributed by atoms with Gasteiger partial charge in [-0.2, -0.15) is 0 Å². The summed E-state index contributed by atoms with van der Waals surface area (Å²) in [4.78, 5) is 0. The lowest BCUT2D eigenvalue weighted by atomic mass is 11.0. The molecule has 0 atom stereocenters. The Morgan fingerprint density at radius 2 is 1.78 bits per heavy atom. The molecule has 0 aliphatic carbocycles. The minimum absolute atomic E-state index is 0.538. The molecule has 0 aromatic carbocycles. The molecule has 0 saturated heterocycles. The van der Waals surface area contributed by atoms with Crippen LogP contribution < -0.4 is 5.73 Å². The molecule has 0 aromatic rings. The summed E-state index contributed by atoms with van der Waals surface area (Å²) in [5, 5.41) is 0. The maximum Gasteiger partial charge on any atom is 0.351 e. The molecule has 0 aromatic heterocycles. The predicted octanol–water partition coefficient (Wildman–Crippen LogP) is 0.239. The SMILES string of the molecule is CC[Si](CN)(OC)OC. The fourth-order valence-corrected chi connectivity index (χ4v) is 2.05. The van der Waals surface area contributed by atoms with Crippen LogP contribution >= 0.6 is 0 Å². The van der Waals surface area contributed by atoms with E-state index in [0.29, 0.717) is 6.17 Å². The van der Waals surface area contributed by atoms with E-state index in [1.54, 1.807) is 14.2 Å². The van der Waals surface area contributed by atoms with E-state index in [0.717, 1.165) is 6.04 Å². The summed E-state index contributed by atoms with van der Waals surface area (Å²) in [6, 6.07) is 0.913. The van der Waals surface area contributed by atoms with Crippen molar-refractivity contribution >= 4 is 8.56 Å².